The van der Waals surface area contributed by atoms with Crippen LogP contribution in [0.25, 0.3) is 77.9 Å². The van der Waals surface area contributed by atoms with Crippen molar-refractivity contribution in [1.82, 2.24) is 0 Å². The molecule has 10 aromatic rings. The Morgan fingerprint density at radius 2 is 0.586 bits per heavy atom. The van der Waals surface area contributed by atoms with Crippen molar-refractivity contribution in [1.29, 1.82) is 0 Å². The molecule has 12 rings (SSSR count). The summed E-state index contributed by atoms with van der Waals surface area (Å²) in [6.45, 7) is 14.9. The van der Waals surface area contributed by atoms with E-state index < -0.39 is 0 Å². The van der Waals surface area contributed by atoms with Gasteiger partial charge in [0.15, 0.2) is 0 Å². The van der Waals surface area contributed by atoms with Crippen LogP contribution in [0.3, 0.4) is 0 Å². The smallest absolute Gasteiger partial charge is 0.123 e. The summed E-state index contributed by atoms with van der Waals surface area (Å²) in [4.78, 5) is 0. The van der Waals surface area contributed by atoms with Gasteiger partial charge in [-0.2, -0.15) is 0 Å². The van der Waals surface area contributed by atoms with Crippen molar-refractivity contribution in [3.8, 4) is 83.6 Å². The molecule has 0 fully saturated rings. The molecule has 0 saturated heterocycles. The lowest BCUT2D eigenvalue weighted by Gasteiger charge is -2.13. The van der Waals surface area contributed by atoms with Crippen LogP contribution in [-0.2, 0) is 12.8 Å². The number of benzene rings is 10. The average molecular weight is 905 g/mol. The van der Waals surface area contributed by atoms with Gasteiger partial charge in [-0.3, -0.25) is 0 Å². The van der Waals surface area contributed by atoms with Crippen molar-refractivity contribution in [3.63, 3.8) is 0 Å². The molecular weight excluding hydrogens is 845 g/mol. The molecule has 0 saturated carbocycles. The average Bonchev–Trinajstić information content (AvgIpc) is 3.93. The predicted octanol–water partition coefficient (Wildman–Crippen LogP) is 18.4. The predicted molar refractivity (Wildman–Crippen MR) is 298 cm³/mol. The first-order chi connectivity index (χ1) is 34.0. The number of rotatable bonds is 5. The number of hydrogen-bond acceptors (Lipinski definition) is 1. The molecule has 0 radical (unpaired) electrons. The number of fused-ring (bicyclic) bond motifs is 6. The summed E-state index contributed by atoms with van der Waals surface area (Å²) in [7, 11) is 0. The highest BCUT2D eigenvalue weighted by molar-refractivity contribution is 5.85. The van der Waals surface area contributed by atoms with Crippen molar-refractivity contribution in [2.75, 3.05) is 0 Å². The van der Waals surface area contributed by atoms with Crippen LogP contribution in [0.1, 0.15) is 61.2 Å². The van der Waals surface area contributed by atoms with Crippen LogP contribution >= 0.6 is 0 Å². The molecule has 0 aliphatic heterocycles. The summed E-state index contributed by atoms with van der Waals surface area (Å²) < 4.78 is 0. The van der Waals surface area contributed by atoms with Crippen LogP contribution in [0.4, 0.5) is 0 Å². The fraction of sp³-hybridized carbons (Fsp3) is 0.130. The van der Waals surface area contributed by atoms with E-state index in [1.807, 2.05) is 19.1 Å². The van der Waals surface area contributed by atoms with Gasteiger partial charge in [-0.05, 0) is 220 Å². The van der Waals surface area contributed by atoms with Crippen LogP contribution in [0.5, 0.6) is 5.75 Å². The fourth-order valence-electron chi connectivity index (χ4n) is 10.5. The van der Waals surface area contributed by atoms with Crippen LogP contribution in [-0.4, -0.2) is 5.11 Å². The Hall–Kier alpha value is -8.00. The van der Waals surface area contributed by atoms with E-state index in [-0.39, 0.29) is 0 Å². The van der Waals surface area contributed by atoms with Gasteiger partial charge in [-0.15, -0.1) is 0 Å². The summed E-state index contributed by atoms with van der Waals surface area (Å²) in [6.07, 6.45) is 2.10. The van der Waals surface area contributed by atoms with E-state index >= 15 is 0 Å². The maximum absolute atomic E-state index is 9.94. The first-order valence-corrected chi connectivity index (χ1v) is 24.6. The Morgan fingerprint density at radius 1 is 0.243 bits per heavy atom. The third kappa shape index (κ3) is 9.28. The third-order valence-corrected chi connectivity index (χ3v) is 14.4. The number of aromatic hydroxyl groups is 1. The molecule has 342 valence electrons. The Labute approximate surface area is 415 Å². The molecule has 2 aliphatic carbocycles. The van der Waals surface area contributed by atoms with E-state index in [4.69, 9.17) is 0 Å². The fourth-order valence-corrected chi connectivity index (χ4v) is 10.5. The lowest BCUT2D eigenvalue weighted by atomic mass is 9.92. The molecule has 0 bridgehead atoms. The van der Waals surface area contributed by atoms with Crippen LogP contribution in [0, 0.1) is 48.5 Å². The molecule has 2 aliphatic rings. The number of phenols is 1. The molecule has 10 aromatic carbocycles. The molecule has 0 aromatic heterocycles. The highest BCUT2D eigenvalue weighted by Gasteiger charge is 2.20. The Bertz CT molecular complexity index is 3350. The highest BCUT2D eigenvalue weighted by atomic mass is 16.3. The van der Waals surface area contributed by atoms with Gasteiger partial charge in [0.1, 0.15) is 5.75 Å². The summed E-state index contributed by atoms with van der Waals surface area (Å²) in [5.74, 6) is 0.354. The van der Waals surface area contributed by atoms with Gasteiger partial charge in [0.05, 0.1) is 0 Å². The van der Waals surface area contributed by atoms with Crippen molar-refractivity contribution in [2.45, 2.75) is 61.3 Å². The van der Waals surface area contributed by atoms with Gasteiger partial charge < -0.3 is 5.11 Å². The van der Waals surface area contributed by atoms with Gasteiger partial charge in [0.2, 0.25) is 0 Å². The topological polar surface area (TPSA) is 20.2 Å². The second-order valence-electron chi connectivity index (χ2n) is 19.4. The first kappa shape index (κ1) is 45.8. The van der Waals surface area contributed by atoms with Gasteiger partial charge in [0, 0.05) is 5.56 Å². The number of hydrogen-bond donors (Lipinski definition) is 1. The van der Waals surface area contributed by atoms with Crippen molar-refractivity contribution in [3.05, 3.63) is 267 Å². The second kappa shape index (κ2) is 19.5. The summed E-state index contributed by atoms with van der Waals surface area (Å²) in [5.41, 5.74) is 32.6. The first-order valence-electron chi connectivity index (χ1n) is 24.6. The number of phenolic OH excluding ortho intramolecular Hbond substituents is 1. The Morgan fingerprint density at radius 3 is 1.03 bits per heavy atom. The summed E-state index contributed by atoms with van der Waals surface area (Å²) in [5, 5.41) is 9.94. The summed E-state index contributed by atoms with van der Waals surface area (Å²) >= 11 is 0. The lowest BCUT2D eigenvalue weighted by molar-refractivity contribution is 0.477. The molecular formula is C69H60O. The molecule has 1 nitrogen and oxygen atoms in total. The standard InChI is InChI=1S/2C27H22.C15H16O/c2*1-18-7-3-5-9-24(18)26-16-20(12-11-19(26)2)21-13-14-23-15-22-8-4-6-10-25(22)27(23)17-21;1-10-4-6-13(12(3)8-10)14-7-5-11(2)9-15(14)16/h2*3-14,16-17H,15H2,1-2H3;4-9,16H,1-3H3. The SMILES string of the molecule is Cc1ccc(-c2ccc(C)cc2O)c(C)c1.Cc1ccccc1-c1cc(-c2ccc3c(c2)-c2ccccc2C3)ccc1C.Cc1ccccc1-c1cc(-c2ccc3c(c2)-c2ccccc2C3)ccc1C. The largest absolute Gasteiger partial charge is 0.507 e. The van der Waals surface area contributed by atoms with Gasteiger partial charge in [-0.1, -0.05) is 181 Å². The van der Waals surface area contributed by atoms with Crippen molar-refractivity contribution < 1.29 is 5.11 Å². The van der Waals surface area contributed by atoms with E-state index in [1.54, 1.807) is 6.07 Å². The summed E-state index contributed by atoms with van der Waals surface area (Å²) in [6, 6.07) is 74.5. The van der Waals surface area contributed by atoms with Crippen LogP contribution < -0.4 is 0 Å². The molecule has 1 N–H and O–H groups in total. The van der Waals surface area contributed by atoms with Gasteiger partial charge >= 0.3 is 0 Å². The van der Waals surface area contributed by atoms with Gasteiger partial charge in [-0.25, -0.2) is 0 Å². The van der Waals surface area contributed by atoms with Crippen LogP contribution in [0.2, 0.25) is 0 Å². The Balaban J connectivity index is 0.000000126. The Kier molecular flexibility index (Phi) is 12.8. The molecule has 0 unspecified atom stereocenters. The normalized spacial score (nSPS) is 11.6. The number of aryl methyl sites for hydroxylation is 7. The minimum atomic E-state index is 0.354. The van der Waals surface area contributed by atoms with E-state index in [9.17, 15) is 5.11 Å². The third-order valence-electron chi connectivity index (χ3n) is 14.4. The maximum Gasteiger partial charge on any atom is 0.123 e. The van der Waals surface area contributed by atoms with Gasteiger partial charge in [0.25, 0.3) is 0 Å². The van der Waals surface area contributed by atoms with E-state index in [1.165, 1.54) is 122 Å². The van der Waals surface area contributed by atoms with E-state index in [0.29, 0.717) is 5.75 Å². The zero-order valence-electron chi connectivity index (χ0n) is 41.5. The zero-order valence-corrected chi connectivity index (χ0v) is 41.5. The quantitative estimate of drug-likeness (QED) is 0.182. The highest BCUT2D eigenvalue weighted by Crippen LogP contribution is 2.42. The molecule has 0 heterocycles. The minimum absolute atomic E-state index is 0.354. The monoisotopic (exact) mass is 904 g/mol. The van der Waals surface area contributed by atoms with E-state index in [0.717, 1.165) is 29.5 Å². The zero-order chi connectivity index (χ0) is 48.5. The van der Waals surface area contributed by atoms with E-state index in [2.05, 4.69) is 230 Å². The maximum atomic E-state index is 9.94. The van der Waals surface area contributed by atoms with Crippen molar-refractivity contribution >= 4 is 0 Å². The second-order valence-corrected chi connectivity index (χ2v) is 19.4. The van der Waals surface area contributed by atoms with Crippen molar-refractivity contribution in [2.24, 2.45) is 0 Å². The minimum Gasteiger partial charge on any atom is -0.507 e. The molecule has 1 heteroatoms. The molecule has 0 spiro atoms. The lowest BCUT2D eigenvalue weighted by Crippen LogP contribution is -1.89. The molecule has 0 amide bonds. The van der Waals surface area contributed by atoms with Crippen LogP contribution in [0.15, 0.2) is 206 Å². The molecule has 0 atom stereocenters. The molecule has 70 heavy (non-hydrogen) atoms.